The average molecular weight is 242 g/mol. The molecule has 0 bridgehead atoms. The van der Waals surface area contributed by atoms with Crippen LogP contribution < -0.4 is 5.32 Å². The molecule has 0 saturated carbocycles. The lowest BCUT2D eigenvalue weighted by atomic mass is 9.99. The van der Waals surface area contributed by atoms with E-state index in [-0.39, 0.29) is 13.0 Å². The van der Waals surface area contributed by atoms with Crippen molar-refractivity contribution in [3.05, 3.63) is 12.2 Å². The molecule has 1 heterocycles. The number of likely N-dealkylation sites (N-methyl/N-ethyl adjacent to an activating group) is 1. The fourth-order valence-electron chi connectivity index (χ4n) is 1.66. The predicted molar refractivity (Wildman–Crippen MR) is 61.8 cm³/mol. The Hall–Kier alpha value is -1.56. The third-order valence-corrected chi connectivity index (χ3v) is 2.63. The molecule has 0 spiro atoms. The Labute approximate surface area is 100 Å². The van der Waals surface area contributed by atoms with Crippen LogP contribution in [0.5, 0.6) is 0 Å². The number of nitrogens with zero attached hydrogens (tertiary/aromatic N) is 1. The minimum atomic E-state index is -1.29. The van der Waals surface area contributed by atoms with Crippen molar-refractivity contribution in [3.8, 4) is 0 Å². The summed E-state index contributed by atoms with van der Waals surface area (Å²) in [5.74, 6) is -1.06. The second-order valence-corrected chi connectivity index (χ2v) is 4.43. The topological polar surface area (TPSA) is 78.9 Å². The molecule has 2 N–H and O–H groups in total. The molecule has 6 heteroatoms. The quantitative estimate of drug-likeness (QED) is 0.701. The second kappa shape index (κ2) is 5.18. The van der Waals surface area contributed by atoms with Crippen LogP contribution >= 0.6 is 0 Å². The fourth-order valence-corrected chi connectivity index (χ4v) is 1.66. The van der Waals surface area contributed by atoms with Crippen LogP contribution in [0.25, 0.3) is 0 Å². The van der Waals surface area contributed by atoms with Gasteiger partial charge in [-0.25, -0.2) is 9.59 Å². The van der Waals surface area contributed by atoms with Crippen LogP contribution in [0.1, 0.15) is 13.3 Å². The van der Waals surface area contributed by atoms with E-state index >= 15 is 0 Å². The van der Waals surface area contributed by atoms with Crippen LogP contribution in [0.2, 0.25) is 0 Å². The first kappa shape index (κ1) is 13.5. The number of amides is 2. The summed E-state index contributed by atoms with van der Waals surface area (Å²) in [5, 5.41) is 11.7. The molecule has 1 fully saturated rings. The molecule has 1 atom stereocenters. The Bertz CT molecular complexity index is 334. The van der Waals surface area contributed by atoms with Gasteiger partial charge >= 0.3 is 12.0 Å². The van der Waals surface area contributed by atoms with Gasteiger partial charge < -0.3 is 20.1 Å². The Kier molecular flexibility index (Phi) is 4.11. The van der Waals surface area contributed by atoms with E-state index in [4.69, 9.17) is 9.84 Å². The van der Waals surface area contributed by atoms with Crippen LogP contribution in [0.3, 0.4) is 0 Å². The zero-order chi connectivity index (χ0) is 13.1. The molecule has 2 amide bonds. The van der Waals surface area contributed by atoms with Crippen molar-refractivity contribution in [1.82, 2.24) is 10.2 Å². The number of carboxylic acids is 1. The molecule has 1 rings (SSSR count). The summed E-state index contributed by atoms with van der Waals surface area (Å²) in [6.07, 6.45) is 0.287. The van der Waals surface area contributed by atoms with Crippen LogP contribution in [-0.2, 0) is 9.53 Å². The van der Waals surface area contributed by atoms with Gasteiger partial charge in [0.15, 0.2) is 5.54 Å². The van der Waals surface area contributed by atoms with Gasteiger partial charge in [-0.1, -0.05) is 12.2 Å². The van der Waals surface area contributed by atoms with Gasteiger partial charge in [0.05, 0.1) is 6.61 Å². The predicted octanol–water partition coefficient (Wildman–Crippen LogP) is 0.448. The lowest BCUT2D eigenvalue weighted by Gasteiger charge is -2.27. The first-order valence-electron chi connectivity index (χ1n) is 5.36. The first-order valence-corrected chi connectivity index (χ1v) is 5.36. The molecule has 1 aliphatic rings. The van der Waals surface area contributed by atoms with Gasteiger partial charge in [0, 0.05) is 26.6 Å². The van der Waals surface area contributed by atoms with Gasteiger partial charge in [0.25, 0.3) is 0 Å². The largest absolute Gasteiger partial charge is 0.479 e. The maximum Gasteiger partial charge on any atom is 0.332 e. The average Bonchev–Trinajstić information content (AvgIpc) is 2.66. The second-order valence-electron chi connectivity index (χ2n) is 4.43. The normalized spacial score (nSPS) is 23.2. The molecule has 1 unspecified atom stereocenters. The SMILES string of the molecule is C=C(C)CN(C)C(=O)NC1(C(=O)O)CCOC1. The molecule has 96 valence electrons. The van der Waals surface area contributed by atoms with Crippen LogP contribution in [0.15, 0.2) is 12.2 Å². The maximum atomic E-state index is 11.8. The number of hydrogen-bond donors (Lipinski definition) is 2. The van der Waals surface area contributed by atoms with Gasteiger partial charge in [0.2, 0.25) is 0 Å². The molecular formula is C11H18N2O4. The van der Waals surface area contributed by atoms with Gasteiger partial charge in [-0.15, -0.1) is 0 Å². The Morgan fingerprint density at radius 1 is 1.59 bits per heavy atom. The Morgan fingerprint density at radius 2 is 2.24 bits per heavy atom. The number of carboxylic acid groups (broad SMARTS) is 1. The van der Waals surface area contributed by atoms with Crippen LogP contribution in [0.4, 0.5) is 4.79 Å². The molecule has 0 aromatic carbocycles. The zero-order valence-corrected chi connectivity index (χ0v) is 10.2. The van der Waals surface area contributed by atoms with Crippen molar-refractivity contribution in [2.75, 3.05) is 26.8 Å². The summed E-state index contributed by atoms with van der Waals surface area (Å²) in [6, 6.07) is -0.430. The van der Waals surface area contributed by atoms with Crippen molar-refractivity contribution in [3.63, 3.8) is 0 Å². The van der Waals surface area contributed by atoms with Gasteiger partial charge in [-0.3, -0.25) is 0 Å². The minimum absolute atomic E-state index is 0.00891. The first-order chi connectivity index (χ1) is 7.87. The molecule has 1 aliphatic heterocycles. The summed E-state index contributed by atoms with van der Waals surface area (Å²) in [4.78, 5) is 24.4. The fraction of sp³-hybridized carbons (Fsp3) is 0.636. The monoisotopic (exact) mass is 242 g/mol. The van der Waals surface area contributed by atoms with Crippen molar-refractivity contribution in [1.29, 1.82) is 0 Å². The third kappa shape index (κ3) is 3.20. The number of hydrogen-bond acceptors (Lipinski definition) is 3. The molecule has 0 aliphatic carbocycles. The standard InChI is InChI=1S/C11H18N2O4/c1-8(2)6-13(3)10(16)12-11(9(14)15)4-5-17-7-11/h1,4-7H2,2-3H3,(H,12,16)(H,14,15). The number of ether oxygens (including phenoxy) is 1. The highest BCUT2D eigenvalue weighted by molar-refractivity contribution is 5.86. The number of nitrogens with one attached hydrogen (secondary N) is 1. The van der Waals surface area contributed by atoms with Crippen molar-refractivity contribution < 1.29 is 19.4 Å². The van der Waals surface area contributed by atoms with Crippen molar-refractivity contribution in [2.45, 2.75) is 18.9 Å². The van der Waals surface area contributed by atoms with Gasteiger partial charge in [-0.05, 0) is 6.92 Å². The zero-order valence-electron chi connectivity index (χ0n) is 10.2. The molecule has 6 nitrogen and oxygen atoms in total. The van der Waals surface area contributed by atoms with E-state index in [0.29, 0.717) is 13.2 Å². The third-order valence-electron chi connectivity index (χ3n) is 2.63. The minimum Gasteiger partial charge on any atom is -0.479 e. The van der Waals surface area contributed by atoms with E-state index < -0.39 is 17.5 Å². The van der Waals surface area contributed by atoms with E-state index in [1.807, 2.05) is 0 Å². The molecule has 0 radical (unpaired) electrons. The highest BCUT2D eigenvalue weighted by Gasteiger charge is 2.44. The summed E-state index contributed by atoms with van der Waals surface area (Å²) < 4.78 is 5.05. The number of urea groups is 1. The van der Waals surface area contributed by atoms with Gasteiger partial charge in [0.1, 0.15) is 0 Å². The maximum absolute atomic E-state index is 11.8. The number of aliphatic carboxylic acids is 1. The van der Waals surface area contributed by atoms with E-state index in [9.17, 15) is 9.59 Å². The molecule has 0 aromatic rings. The highest BCUT2D eigenvalue weighted by atomic mass is 16.5. The number of carbonyl (C=O) groups is 2. The van der Waals surface area contributed by atoms with Crippen LogP contribution in [0, 0.1) is 0 Å². The summed E-state index contributed by atoms with van der Waals surface area (Å²) in [5.41, 5.74) is -0.463. The lowest BCUT2D eigenvalue weighted by Crippen LogP contribution is -2.58. The Balaban J connectivity index is 2.65. The van der Waals surface area contributed by atoms with Crippen molar-refractivity contribution in [2.24, 2.45) is 0 Å². The van der Waals surface area contributed by atoms with E-state index in [0.717, 1.165) is 5.57 Å². The summed E-state index contributed by atoms with van der Waals surface area (Å²) >= 11 is 0. The molecule has 1 saturated heterocycles. The number of carbonyl (C=O) groups excluding carboxylic acids is 1. The van der Waals surface area contributed by atoms with Gasteiger partial charge in [-0.2, -0.15) is 0 Å². The van der Waals surface area contributed by atoms with Crippen molar-refractivity contribution >= 4 is 12.0 Å². The Morgan fingerprint density at radius 3 is 2.65 bits per heavy atom. The van der Waals surface area contributed by atoms with E-state index in [1.54, 1.807) is 14.0 Å². The summed E-state index contributed by atoms with van der Waals surface area (Å²) in [7, 11) is 1.59. The molecular weight excluding hydrogens is 224 g/mol. The summed E-state index contributed by atoms with van der Waals surface area (Å²) in [6.45, 7) is 6.24. The van der Waals surface area contributed by atoms with E-state index in [1.165, 1.54) is 4.90 Å². The number of rotatable bonds is 4. The van der Waals surface area contributed by atoms with Crippen LogP contribution in [-0.4, -0.2) is 54.4 Å². The lowest BCUT2D eigenvalue weighted by molar-refractivity contribution is -0.144. The molecule has 0 aromatic heterocycles. The molecule has 17 heavy (non-hydrogen) atoms. The van der Waals surface area contributed by atoms with E-state index in [2.05, 4.69) is 11.9 Å². The highest BCUT2D eigenvalue weighted by Crippen LogP contribution is 2.19. The smallest absolute Gasteiger partial charge is 0.332 e.